The third-order valence-electron chi connectivity index (χ3n) is 5.31. The average molecular weight is 390 g/mol. The van der Waals surface area contributed by atoms with Gasteiger partial charge in [-0.25, -0.2) is 4.68 Å². The van der Waals surface area contributed by atoms with E-state index < -0.39 is 0 Å². The van der Waals surface area contributed by atoms with Crippen molar-refractivity contribution in [3.8, 4) is 5.69 Å². The first-order valence-corrected chi connectivity index (χ1v) is 9.95. The van der Waals surface area contributed by atoms with Gasteiger partial charge in [0.1, 0.15) is 0 Å². The van der Waals surface area contributed by atoms with E-state index in [1.165, 1.54) is 0 Å². The van der Waals surface area contributed by atoms with Crippen molar-refractivity contribution >= 4 is 17.3 Å². The molecule has 1 N–H and O–H groups in total. The van der Waals surface area contributed by atoms with Gasteiger partial charge < -0.3 is 15.0 Å². The number of ether oxygens (including phenoxy) is 1. The molecule has 0 atom stereocenters. The quantitative estimate of drug-likeness (QED) is 0.724. The minimum absolute atomic E-state index is 0.0389. The van der Waals surface area contributed by atoms with E-state index in [1.54, 1.807) is 0 Å². The second-order valence-corrected chi connectivity index (χ2v) is 7.27. The molecule has 2 heterocycles. The highest BCUT2D eigenvalue weighted by Gasteiger charge is 2.16. The van der Waals surface area contributed by atoms with Gasteiger partial charge >= 0.3 is 0 Å². The third kappa shape index (κ3) is 4.32. The van der Waals surface area contributed by atoms with Crippen LogP contribution in [0.3, 0.4) is 0 Å². The first-order valence-electron chi connectivity index (χ1n) is 9.95. The Morgan fingerprint density at radius 1 is 1.00 bits per heavy atom. The lowest BCUT2D eigenvalue weighted by Crippen LogP contribution is -2.36. The SMILES string of the molecule is Cc1nn(-c2ccccc2)c(C)c1CC(=O)Nc1ccc(N2CCOCC2)cc1. The van der Waals surface area contributed by atoms with Gasteiger partial charge in [-0.1, -0.05) is 18.2 Å². The van der Waals surface area contributed by atoms with Gasteiger partial charge in [0.2, 0.25) is 5.91 Å². The number of anilines is 2. The van der Waals surface area contributed by atoms with E-state index in [0.717, 1.165) is 60.3 Å². The second-order valence-electron chi connectivity index (χ2n) is 7.27. The van der Waals surface area contributed by atoms with Crippen LogP contribution in [0, 0.1) is 13.8 Å². The molecular weight excluding hydrogens is 364 g/mol. The van der Waals surface area contributed by atoms with Crippen molar-refractivity contribution in [2.45, 2.75) is 20.3 Å². The lowest BCUT2D eigenvalue weighted by atomic mass is 10.1. The standard InChI is InChI=1S/C23H26N4O2/c1-17-22(18(2)27(25-17)21-6-4-3-5-7-21)16-23(28)24-19-8-10-20(11-9-19)26-12-14-29-15-13-26/h3-11H,12-16H2,1-2H3,(H,24,28). The highest BCUT2D eigenvalue weighted by molar-refractivity contribution is 5.92. The number of aromatic nitrogens is 2. The summed E-state index contributed by atoms with van der Waals surface area (Å²) in [7, 11) is 0. The summed E-state index contributed by atoms with van der Waals surface area (Å²) in [4.78, 5) is 14.9. The minimum atomic E-state index is -0.0389. The van der Waals surface area contributed by atoms with Gasteiger partial charge in [0, 0.05) is 35.7 Å². The topological polar surface area (TPSA) is 59.4 Å². The number of aryl methyl sites for hydroxylation is 1. The van der Waals surface area contributed by atoms with Crippen LogP contribution < -0.4 is 10.2 Å². The maximum Gasteiger partial charge on any atom is 0.228 e. The number of hydrogen-bond donors (Lipinski definition) is 1. The van der Waals surface area contributed by atoms with E-state index in [1.807, 2.05) is 73.1 Å². The Balaban J connectivity index is 1.43. The molecule has 1 amide bonds. The maximum atomic E-state index is 12.6. The van der Waals surface area contributed by atoms with Gasteiger partial charge in [0.15, 0.2) is 0 Å². The summed E-state index contributed by atoms with van der Waals surface area (Å²) in [5.41, 5.74) is 5.80. The first-order chi connectivity index (χ1) is 14.1. The summed E-state index contributed by atoms with van der Waals surface area (Å²) in [5, 5.41) is 7.63. The van der Waals surface area contributed by atoms with Gasteiger partial charge in [0.25, 0.3) is 0 Å². The van der Waals surface area contributed by atoms with Crippen LogP contribution in [0.25, 0.3) is 5.69 Å². The number of para-hydroxylation sites is 1. The number of hydrogen-bond acceptors (Lipinski definition) is 4. The van der Waals surface area contributed by atoms with Crippen molar-refractivity contribution in [3.63, 3.8) is 0 Å². The summed E-state index contributed by atoms with van der Waals surface area (Å²) in [6.07, 6.45) is 0.301. The van der Waals surface area contributed by atoms with Crippen molar-refractivity contribution in [2.24, 2.45) is 0 Å². The number of carbonyl (C=O) groups is 1. The number of nitrogens with zero attached hydrogens (tertiary/aromatic N) is 3. The van der Waals surface area contributed by atoms with Gasteiger partial charge in [-0.2, -0.15) is 5.10 Å². The van der Waals surface area contributed by atoms with Crippen molar-refractivity contribution in [2.75, 3.05) is 36.5 Å². The molecular formula is C23H26N4O2. The molecule has 1 aromatic heterocycles. The molecule has 6 heteroatoms. The van der Waals surface area contributed by atoms with Crippen molar-refractivity contribution in [3.05, 3.63) is 71.5 Å². The molecule has 4 rings (SSSR count). The molecule has 1 aliphatic heterocycles. The Hall–Kier alpha value is -3.12. The highest BCUT2D eigenvalue weighted by Crippen LogP contribution is 2.21. The number of carbonyl (C=O) groups excluding carboxylic acids is 1. The largest absolute Gasteiger partial charge is 0.378 e. The second kappa shape index (κ2) is 8.49. The molecule has 6 nitrogen and oxygen atoms in total. The molecule has 1 fully saturated rings. The number of benzene rings is 2. The molecule has 3 aromatic rings. The summed E-state index contributed by atoms with van der Waals surface area (Å²) < 4.78 is 7.30. The molecule has 150 valence electrons. The number of rotatable bonds is 5. The molecule has 1 saturated heterocycles. The van der Waals surface area contributed by atoms with Crippen LogP contribution in [0.15, 0.2) is 54.6 Å². The Morgan fingerprint density at radius 3 is 2.38 bits per heavy atom. The zero-order chi connectivity index (χ0) is 20.2. The third-order valence-corrected chi connectivity index (χ3v) is 5.31. The lowest BCUT2D eigenvalue weighted by Gasteiger charge is -2.28. The fraction of sp³-hybridized carbons (Fsp3) is 0.304. The predicted octanol–water partition coefficient (Wildman–Crippen LogP) is 3.51. The molecule has 29 heavy (non-hydrogen) atoms. The van der Waals surface area contributed by atoms with Gasteiger partial charge in [-0.05, 0) is 50.2 Å². The zero-order valence-electron chi connectivity index (χ0n) is 16.9. The van der Waals surface area contributed by atoms with Gasteiger partial charge in [-0.15, -0.1) is 0 Å². The summed E-state index contributed by atoms with van der Waals surface area (Å²) in [6, 6.07) is 18.0. The van der Waals surface area contributed by atoms with E-state index in [4.69, 9.17) is 4.74 Å². The Labute approximate surface area is 171 Å². The van der Waals surface area contributed by atoms with Crippen molar-refractivity contribution in [1.29, 1.82) is 0 Å². The minimum Gasteiger partial charge on any atom is -0.378 e. The number of morpholine rings is 1. The smallest absolute Gasteiger partial charge is 0.228 e. The summed E-state index contributed by atoms with van der Waals surface area (Å²) in [5.74, 6) is -0.0389. The van der Waals surface area contributed by atoms with Crippen LogP contribution in [0.1, 0.15) is 17.0 Å². The van der Waals surface area contributed by atoms with Crippen LogP contribution in [-0.4, -0.2) is 42.0 Å². The Bertz CT molecular complexity index is 974. The van der Waals surface area contributed by atoms with E-state index >= 15 is 0 Å². The summed E-state index contributed by atoms with van der Waals surface area (Å²) in [6.45, 7) is 7.27. The maximum absolute atomic E-state index is 12.6. The average Bonchev–Trinajstić information content (AvgIpc) is 3.04. The monoisotopic (exact) mass is 390 g/mol. The van der Waals surface area contributed by atoms with Crippen LogP contribution in [0.5, 0.6) is 0 Å². The normalized spacial score (nSPS) is 14.1. The zero-order valence-corrected chi connectivity index (χ0v) is 16.9. The molecule has 0 saturated carbocycles. The van der Waals surface area contributed by atoms with Crippen molar-refractivity contribution < 1.29 is 9.53 Å². The van der Waals surface area contributed by atoms with Gasteiger partial charge in [0.05, 0.1) is 31.0 Å². The fourth-order valence-electron chi connectivity index (χ4n) is 3.69. The molecule has 0 radical (unpaired) electrons. The van der Waals surface area contributed by atoms with Crippen LogP contribution >= 0.6 is 0 Å². The predicted molar refractivity (Wildman–Crippen MR) is 115 cm³/mol. The summed E-state index contributed by atoms with van der Waals surface area (Å²) >= 11 is 0. The molecule has 0 unspecified atom stereocenters. The highest BCUT2D eigenvalue weighted by atomic mass is 16.5. The fourth-order valence-corrected chi connectivity index (χ4v) is 3.69. The van der Waals surface area contributed by atoms with Gasteiger partial charge in [-0.3, -0.25) is 4.79 Å². The van der Waals surface area contributed by atoms with E-state index in [-0.39, 0.29) is 5.91 Å². The number of nitrogens with one attached hydrogen (secondary N) is 1. The molecule has 1 aliphatic rings. The Morgan fingerprint density at radius 2 is 1.69 bits per heavy atom. The van der Waals surface area contributed by atoms with Crippen LogP contribution in [-0.2, 0) is 16.0 Å². The Kier molecular flexibility index (Phi) is 5.62. The lowest BCUT2D eigenvalue weighted by molar-refractivity contribution is -0.115. The van der Waals surface area contributed by atoms with E-state index in [9.17, 15) is 4.79 Å². The van der Waals surface area contributed by atoms with Crippen molar-refractivity contribution in [1.82, 2.24) is 9.78 Å². The van der Waals surface area contributed by atoms with E-state index in [2.05, 4.69) is 15.3 Å². The van der Waals surface area contributed by atoms with Crippen LogP contribution in [0.4, 0.5) is 11.4 Å². The van der Waals surface area contributed by atoms with E-state index in [0.29, 0.717) is 6.42 Å². The molecule has 0 bridgehead atoms. The molecule has 0 spiro atoms. The first kappa shape index (κ1) is 19.2. The van der Waals surface area contributed by atoms with Crippen LogP contribution in [0.2, 0.25) is 0 Å². The number of amides is 1. The molecule has 2 aromatic carbocycles. The molecule has 0 aliphatic carbocycles.